The van der Waals surface area contributed by atoms with E-state index in [0.717, 1.165) is 34.0 Å². The Hall–Kier alpha value is -3.68. The van der Waals surface area contributed by atoms with Crippen molar-refractivity contribution in [3.8, 4) is 5.69 Å². The molecule has 0 unspecified atom stereocenters. The number of thiocarbonyl (C=S) groups is 1. The van der Waals surface area contributed by atoms with Gasteiger partial charge in [-0.05, 0) is 86.2 Å². The summed E-state index contributed by atoms with van der Waals surface area (Å²) in [6.07, 6.45) is 1.78. The average molecular weight is 516 g/mol. The molecule has 4 aromatic rings. The lowest BCUT2D eigenvalue weighted by molar-refractivity contribution is -0.116. The van der Waals surface area contributed by atoms with Gasteiger partial charge in [-0.1, -0.05) is 35.9 Å². The van der Waals surface area contributed by atoms with Gasteiger partial charge in [-0.2, -0.15) is 0 Å². The van der Waals surface area contributed by atoms with Crippen molar-refractivity contribution in [1.82, 2.24) is 19.8 Å². The number of anilines is 1. The fourth-order valence-electron chi connectivity index (χ4n) is 4.87. The summed E-state index contributed by atoms with van der Waals surface area (Å²) in [5.41, 5.74) is 5.87. The summed E-state index contributed by atoms with van der Waals surface area (Å²) in [5, 5.41) is 7.62. The molecular formula is C28H26ClN5OS. The first-order chi connectivity index (χ1) is 17.4. The summed E-state index contributed by atoms with van der Waals surface area (Å²) in [7, 11) is 0. The topological polar surface area (TPSA) is 62.2 Å². The van der Waals surface area contributed by atoms with Crippen molar-refractivity contribution in [3.05, 3.63) is 113 Å². The number of carbonyl (C=O) groups excluding carboxylic acids is 1. The molecule has 36 heavy (non-hydrogen) atoms. The molecule has 0 spiro atoms. The van der Waals surface area contributed by atoms with Gasteiger partial charge in [0.05, 0.1) is 17.8 Å². The van der Waals surface area contributed by atoms with Crippen molar-refractivity contribution in [2.45, 2.75) is 25.9 Å². The quantitative estimate of drug-likeness (QED) is 0.320. The molecule has 1 amide bonds. The number of hydrogen-bond donors (Lipinski definition) is 2. The molecule has 8 heteroatoms. The van der Waals surface area contributed by atoms with Gasteiger partial charge < -0.3 is 20.1 Å². The van der Waals surface area contributed by atoms with Crippen molar-refractivity contribution in [2.75, 3.05) is 11.9 Å². The number of benzene rings is 2. The van der Waals surface area contributed by atoms with Crippen LogP contribution in [0.2, 0.25) is 5.02 Å². The molecule has 1 aliphatic rings. The number of carbonyl (C=O) groups is 1. The molecular weight excluding hydrogens is 490 g/mol. The molecule has 0 bridgehead atoms. The highest BCUT2D eigenvalue weighted by molar-refractivity contribution is 7.80. The summed E-state index contributed by atoms with van der Waals surface area (Å²) in [5.74, 6) is -0.136. The second-order valence-electron chi connectivity index (χ2n) is 8.81. The van der Waals surface area contributed by atoms with Crippen LogP contribution in [0, 0.1) is 13.8 Å². The lowest BCUT2D eigenvalue weighted by atomic mass is 9.96. The van der Waals surface area contributed by atoms with Gasteiger partial charge in [0.2, 0.25) is 5.91 Å². The molecule has 2 N–H and O–H groups in total. The van der Waals surface area contributed by atoms with Crippen LogP contribution in [0.3, 0.4) is 0 Å². The highest BCUT2D eigenvalue weighted by atomic mass is 35.5. The van der Waals surface area contributed by atoms with Crippen molar-refractivity contribution in [1.29, 1.82) is 0 Å². The van der Waals surface area contributed by atoms with Gasteiger partial charge in [0.25, 0.3) is 0 Å². The van der Waals surface area contributed by atoms with Gasteiger partial charge in [0.1, 0.15) is 6.54 Å². The molecule has 1 saturated heterocycles. The summed E-state index contributed by atoms with van der Waals surface area (Å²) in [4.78, 5) is 19.6. The predicted octanol–water partition coefficient (Wildman–Crippen LogP) is 5.75. The van der Waals surface area contributed by atoms with Crippen molar-refractivity contribution in [3.63, 3.8) is 0 Å². The second-order valence-corrected chi connectivity index (χ2v) is 9.63. The summed E-state index contributed by atoms with van der Waals surface area (Å²) >= 11 is 11.9. The SMILES string of the molecule is Cc1cc([C@@H]2[C@@H](c3ccccn3)NC(=S)N2CC(=O)Nc2ccccc2)c(C)n1-c1ccc(Cl)cc1. The van der Waals surface area contributed by atoms with Gasteiger partial charge in [-0.15, -0.1) is 0 Å². The van der Waals surface area contributed by atoms with E-state index in [-0.39, 0.29) is 24.5 Å². The number of amides is 1. The number of halogens is 1. The van der Waals surface area contributed by atoms with Crippen molar-refractivity contribution < 1.29 is 4.79 Å². The van der Waals surface area contributed by atoms with E-state index in [9.17, 15) is 4.79 Å². The standard InChI is InChI=1S/C28H26ClN5OS/c1-18-16-23(19(2)34(18)22-13-11-20(29)12-14-22)27-26(24-10-6-7-15-30-24)32-28(36)33(27)17-25(35)31-21-8-4-3-5-9-21/h3-16,26-27H,17H2,1-2H3,(H,31,35)(H,32,36)/t26-,27-/m1/s1. The van der Waals surface area contributed by atoms with E-state index in [0.29, 0.717) is 10.1 Å². The number of pyridine rings is 1. The number of aromatic nitrogens is 2. The minimum absolute atomic E-state index is 0.110. The summed E-state index contributed by atoms with van der Waals surface area (Å²) in [6.45, 7) is 4.28. The lowest BCUT2D eigenvalue weighted by Gasteiger charge is -2.27. The Labute approximate surface area is 220 Å². The smallest absolute Gasteiger partial charge is 0.244 e. The molecule has 2 aromatic heterocycles. The van der Waals surface area contributed by atoms with Crippen LogP contribution in [-0.2, 0) is 4.79 Å². The Morgan fingerprint density at radius 1 is 1.06 bits per heavy atom. The number of para-hydroxylation sites is 1. The highest BCUT2D eigenvalue weighted by Gasteiger charge is 2.42. The van der Waals surface area contributed by atoms with Crippen LogP contribution in [-0.4, -0.2) is 32.0 Å². The number of rotatable bonds is 6. The fourth-order valence-corrected chi connectivity index (χ4v) is 5.30. The first-order valence-corrected chi connectivity index (χ1v) is 12.5. The van der Waals surface area contributed by atoms with Crippen LogP contribution in [0.25, 0.3) is 5.69 Å². The van der Waals surface area contributed by atoms with Gasteiger partial charge >= 0.3 is 0 Å². The molecule has 2 aromatic carbocycles. The third kappa shape index (κ3) is 4.72. The Balaban J connectivity index is 1.53. The van der Waals surface area contributed by atoms with Crippen LogP contribution in [0.15, 0.2) is 85.1 Å². The number of nitrogens with one attached hydrogen (secondary N) is 2. The Morgan fingerprint density at radius 3 is 2.47 bits per heavy atom. The number of nitrogens with zero attached hydrogens (tertiary/aromatic N) is 3. The third-order valence-electron chi connectivity index (χ3n) is 6.44. The molecule has 5 rings (SSSR count). The van der Waals surface area contributed by atoms with E-state index < -0.39 is 0 Å². The average Bonchev–Trinajstić information content (AvgIpc) is 3.35. The largest absolute Gasteiger partial charge is 0.352 e. The molecule has 1 fully saturated rings. The zero-order chi connectivity index (χ0) is 25.2. The molecule has 1 aliphatic heterocycles. The van der Waals surface area contributed by atoms with Crippen molar-refractivity contribution in [2.24, 2.45) is 0 Å². The lowest BCUT2D eigenvalue weighted by Crippen LogP contribution is -2.37. The van der Waals surface area contributed by atoms with Gasteiger partial charge in [-0.25, -0.2) is 0 Å². The molecule has 6 nitrogen and oxygen atoms in total. The first kappa shape index (κ1) is 24.0. The Kier molecular flexibility index (Phi) is 6.76. The van der Waals surface area contributed by atoms with E-state index in [1.54, 1.807) is 6.20 Å². The maximum absolute atomic E-state index is 13.1. The second kappa shape index (κ2) is 10.1. The highest BCUT2D eigenvalue weighted by Crippen LogP contribution is 2.41. The summed E-state index contributed by atoms with van der Waals surface area (Å²) in [6, 6.07) is 24.8. The third-order valence-corrected chi connectivity index (χ3v) is 7.05. The van der Waals surface area contributed by atoms with Crippen LogP contribution in [0.1, 0.15) is 34.7 Å². The molecule has 2 atom stereocenters. The zero-order valence-electron chi connectivity index (χ0n) is 20.0. The van der Waals surface area contributed by atoms with E-state index in [2.05, 4.69) is 40.1 Å². The molecule has 0 aliphatic carbocycles. The molecule has 0 saturated carbocycles. The monoisotopic (exact) mass is 515 g/mol. The van der Waals surface area contributed by atoms with Crippen molar-refractivity contribution >= 4 is 40.5 Å². The van der Waals surface area contributed by atoms with Crippen LogP contribution in [0.4, 0.5) is 5.69 Å². The number of aryl methyl sites for hydroxylation is 1. The molecule has 182 valence electrons. The maximum Gasteiger partial charge on any atom is 0.244 e. The number of hydrogen-bond acceptors (Lipinski definition) is 3. The summed E-state index contributed by atoms with van der Waals surface area (Å²) < 4.78 is 2.20. The van der Waals surface area contributed by atoms with Gasteiger partial charge in [0.15, 0.2) is 5.11 Å². The van der Waals surface area contributed by atoms with E-state index in [1.807, 2.05) is 77.7 Å². The predicted molar refractivity (Wildman–Crippen MR) is 147 cm³/mol. The fraction of sp³-hybridized carbons (Fsp3) is 0.179. The van der Waals surface area contributed by atoms with E-state index in [1.165, 1.54) is 0 Å². The van der Waals surface area contributed by atoms with E-state index >= 15 is 0 Å². The zero-order valence-corrected chi connectivity index (χ0v) is 21.6. The Morgan fingerprint density at radius 2 is 1.78 bits per heavy atom. The molecule has 0 radical (unpaired) electrons. The maximum atomic E-state index is 13.1. The van der Waals surface area contributed by atoms with Crippen LogP contribution in [0.5, 0.6) is 0 Å². The molecule has 3 heterocycles. The van der Waals surface area contributed by atoms with Crippen LogP contribution < -0.4 is 10.6 Å². The minimum Gasteiger partial charge on any atom is -0.352 e. The van der Waals surface area contributed by atoms with Gasteiger partial charge in [-0.3, -0.25) is 9.78 Å². The van der Waals surface area contributed by atoms with Gasteiger partial charge in [0, 0.05) is 34.0 Å². The normalized spacial score (nSPS) is 17.2. The minimum atomic E-state index is -0.221. The van der Waals surface area contributed by atoms with E-state index in [4.69, 9.17) is 23.8 Å². The Bertz CT molecular complexity index is 1390. The van der Waals surface area contributed by atoms with Crippen LogP contribution >= 0.6 is 23.8 Å². The first-order valence-electron chi connectivity index (χ1n) is 11.7.